The molecule has 0 unspecified atom stereocenters. The van der Waals surface area contributed by atoms with Crippen LogP contribution in [0.2, 0.25) is 0 Å². The zero-order chi connectivity index (χ0) is 21.7. The van der Waals surface area contributed by atoms with Crippen LogP contribution in [0.15, 0.2) is 43.2 Å². The van der Waals surface area contributed by atoms with Crippen LogP contribution in [0.4, 0.5) is 4.39 Å². The van der Waals surface area contributed by atoms with Crippen molar-refractivity contribution in [2.24, 2.45) is 0 Å². The molecule has 0 spiro atoms. The molecule has 30 heavy (non-hydrogen) atoms. The van der Waals surface area contributed by atoms with Crippen LogP contribution in [0.3, 0.4) is 0 Å². The first-order valence-electron chi connectivity index (χ1n) is 9.50. The molecule has 0 radical (unpaired) electrons. The topological polar surface area (TPSA) is 86.1 Å². The molecule has 8 heteroatoms. The fourth-order valence-electron chi connectivity index (χ4n) is 3.38. The van der Waals surface area contributed by atoms with E-state index in [-0.39, 0.29) is 6.04 Å². The molecular formula is C22H23FN4O2S. The Bertz CT molecular complexity index is 1110. The molecule has 0 amide bonds. The number of rotatable bonds is 6. The summed E-state index contributed by atoms with van der Waals surface area (Å²) in [6, 6.07) is 8.12. The van der Waals surface area contributed by atoms with E-state index in [9.17, 15) is 12.8 Å². The van der Waals surface area contributed by atoms with Gasteiger partial charge in [-0.2, -0.15) is 5.26 Å². The van der Waals surface area contributed by atoms with Crippen LogP contribution in [0.5, 0.6) is 0 Å². The molecule has 1 aliphatic rings. The highest BCUT2D eigenvalue weighted by Gasteiger charge is 2.25. The summed E-state index contributed by atoms with van der Waals surface area (Å²) in [6.07, 6.45) is 9.30. The largest absolute Gasteiger partial charge is 0.382 e. The van der Waals surface area contributed by atoms with E-state index in [1.807, 2.05) is 6.07 Å². The lowest BCUT2D eigenvalue weighted by molar-refractivity contribution is 0.307. The number of aromatic nitrogens is 1. The van der Waals surface area contributed by atoms with E-state index in [2.05, 4.69) is 16.9 Å². The van der Waals surface area contributed by atoms with Crippen molar-refractivity contribution in [2.75, 3.05) is 19.3 Å². The number of sulfonamides is 1. The summed E-state index contributed by atoms with van der Waals surface area (Å²) < 4.78 is 38.8. The van der Waals surface area contributed by atoms with E-state index < -0.39 is 15.8 Å². The van der Waals surface area contributed by atoms with Crippen LogP contribution in [0.1, 0.15) is 35.1 Å². The zero-order valence-corrected chi connectivity index (χ0v) is 17.5. The number of piperidine rings is 1. The second kappa shape index (κ2) is 9.20. The van der Waals surface area contributed by atoms with Crippen molar-refractivity contribution in [3.63, 3.8) is 0 Å². The zero-order valence-electron chi connectivity index (χ0n) is 16.7. The average molecular weight is 427 g/mol. The molecule has 1 aromatic heterocycles. The van der Waals surface area contributed by atoms with Gasteiger partial charge in [0.25, 0.3) is 0 Å². The van der Waals surface area contributed by atoms with Crippen molar-refractivity contribution >= 4 is 27.9 Å². The van der Waals surface area contributed by atoms with E-state index in [0.717, 1.165) is 11.1 Å². The van der Waals surface area contributed by atoms with E-state index >= 15 is 0 Å². The third-order valence-corrected chi connectivity index (χ3v) is 6.35. The number of halogens is 1. The molecule has 1 saturated heterocycles. The van der Waals surface area contributed by atoms with Crippen LogP contribution in [0.25, 0.3) is 17.8 Å². The summed E-state index contributed by atoms with van der Waals surface area (Å²) in [5.74, 6) is -0.407. The molecule has 156 valence electrons. The minimum Gasteiger partial charge on any atom is -0.382 e. The molecule has 1 N–H and O–H groups in total. The number of hydrogen-bond donors (Lipinski definition) is 1. The summed E-state index contributed by atoms with van der Waals surface area (Å²) in [7, 11) is -3.17. The Hall–Kier alpha value is -3.02. The number of benzene rings is 1. The van der Waals surface area contributed by atoms with Gasteiger partial charge in [0.2, 0.25) is 10.0 Å². The van der Waals surface area contributed by atoms with Crippen molar-refractivity contribution < 1.29 is 12.8 Å². The Morgan fingerprint density at radius 3 is 2.67 bits per heavy atom. The molecule has 0 atom stereocenters. The van der Waals surface area contributed by atoms with Crippen molar-refractivity contribution in [1.82, 2.24) is 14.6 Å². The van der Waals surface area contributed by atoms with Crippen LogP contribution in [0, 0.1) is 17.1 Å². The van der Waals surface area contributed by atoms with E-state index in [4.69, 9.17) is 5.26 Å². The van der Waals surface area contributed by atoms with Gasteiger partial charge in [-0.3, -0.25) is 4.98 Å². The van der Waals surface area contributed by atoms with Crippen LogP contribution >= 0.6 is 0 Å². The van der Waals surface area contributed by atoms with E-state index in [0.29, 0.717) is 42.8 Å². The Kier molecular flexibility index (Phi) is 6.65. The molecule has 1 aliphatic heterocycles. The van der Waals surface area contributed by atoms with Gasteiger partial charge in [0.05, 0.1) is 17.9 Å². The monoisotopic (exact) mass is 426 g/mol. The van der Waals surface area contributed by atoms with Gasteiger partial charge in [0.15, 0.2) is 0 Å². The first kappa shape index (κ1) is 21.7. The van der Waals surface area contributed by atoms with Gasteiger partial charge in [0, 0.05) is 48.3 Å². The molecule has 2 heterocycles. The summed E-state index contributed by atoms with van der Waals surface area (Å²) >= 11 is 0. The normalized spacial score (nSPS) is 15.8. The summed E-state index contributed by atoms with van der Waals surface area (Å²) in [6.45, 7) is 5.05. The Morgan fingerprint density at radius 2 is 2.00 bits per heavy atom. The third-order valence-electron chi connectivity index (χ3n) is 5.05. The maximum Gasteiger partial charge on any atom is 0.211 e. The summed E-state index contributed by atoms with van der Waals surface area (Å²) in [5, 5.41) is 12.4. The second-order valence-corrected chi connectivity index (χ2v) is 9.19. The van der Waals surface area contributed by atoms with Crippen molar-refractivity contribution in [3.05, 3.63) is 71.3 Å². The van der Waals surface area contributed by atoms with Gasteiger partial charge in [0.1, 0.15) is 5.82 Å². The Balaban J connectivity index is 1.73. The van der Waals surface area contributed by atoms with Crippen LogP contribution < -0.4 is 5.32 Å². The maximum atomic E-state index is 14.0. The highest BCUT2D eigenvalue weighted by atomic mass is 32.2. The fourth-order valence-corrected chi connectivity index (χ4v) is 4.25. The second-order valence-electron chi connectivity index (χ2n) is 7.20. The maximum absolute atomic E-state index is 14.0. The number of pyridine rings is 1. The van der Waals surface area contributed by atoms with Crippen LogP contribution in [-0.4, -0.2) is 43.1 Å². The molecule has 3 rings (SSSR count). The van der Waals surface area contributed by atoms with Crippen LogP contribution in [-0.2, 0) is 10.0 Å². The average Bonchev–Trinajstić information content (AvgIpc) is 2.73. The van der Waals surface area contributed by atoms with E-state index in [1.54, 1.807) is 30.6 Å². The number of nitrogens with one attached hydrogen (secondary N) is 1. The standard InChI is InChI=1S/C22H23FN4O2S/c1-16(26-20-8-11-27(12-9-20)30(2,28)29)21-15-25-10-7-18(21)4-5-19-13-17(14-24)3-6-22(19)23/h3-7,10,13,15,20,26H,1,8-9,11-12H2,2H3/b5-4+. The fraction of sp³-hybridized carbons (Fsp3) is 0.273. The quantitative estimate of drug-likeness (QED) is 0.766. The Labute approximate surface area is 176 Å². The minimum atomic E-state index is -3.17. The van der Waals surface area contributed by atoms with Gasteiger partial charge < -0.3 is 5.32 Å². The highest BCUT2D eigenvalue weighted by molar-refractivity contribution is 7.88. The van der Waals surface area contributed by atoms with Crippen molar-refractivity contribution in [2.45, 2.75) is 18.9 Å². The van der Waals surface area contributed by atoms with E-state index in [1.165, 1.54) is 28.8 Å². The number of hydrogen-bond acceptors (Lipinski definition) is 5. The number of nitriles is 1. The van der Waals surface area contributed by atoms with Gasteiger partial charge >= 0.3 is 0 Å². The van der Waals surface area contributed by atoms with Gasteiger partial charge in [-0.25, -0.2) is 17.1 Å². The first-order chi connectivity index (χ1) is 14.3. The molecule has 6 nitrogen and oxygen atoms in total. The minimum absolute atomic E-state index is 0.109. The molecule has 0 aliphatic carbocycles. The SMILES string of the molecule is C=C(NC1CCN(S(C)(=O)=O)CC1)c1cnccc1/C=C/c1cc(C#N)ccc1F. The van der Waals surface area contributed by atoms with Gasteiger partial charge in [-0.15, -0.1) is 0 Å². The summed E-state index contributed by atoms with van der Waals surface area (Å²) in [4.78, 5) is 4.16. The molecule has 2 aromatic rings. The lowest BCUT2D eigenvalue weighted by Crippen LogP contribution is -2.43. The lowest BCUT2D eigenvalue weighted by atomic mass is 10.0. The lowest BCUT2D eigenvalue weighted by Gasteiger charge is -2.31. The summed E-state index contributed by atoms with van der Waals surface area (Å²) in [5.41, 5.74) is 2.96. The molecule has 0 bridgehead atoms. The molecule has 1 aromatic carbocycles. The van der Waals surface area contributed by atoms with Gasteiger partial charge in [-0.1, -0.05) is 18.7 Å². The van der Waals surface area contributed by atoms with Crippen molar-refractivity contribution in [1.29, 1.82) is 5.26 Å². The van der Waals surface area contributed by atoms with Gasteiger partial charge in [-0.05, 0) is 42.7 Å². The smallest absolute Gasteiger partial charge is 0.211 e. The number of nitrogens with zero attached hydrogens (tertiary/aromatic N) is 3. The molecule has 1 fully saturated rings. The third kappa shape index (κ3) is 5.32. The predicted octanol–water partition coefficient (Wildman–Crippen LogP) is 3.25. The Morgan fingerprint density at radius 1 is 1.30 bits per heavy atom. The predicted molar refractivity (Wildman–Crippen MR) is 116 cm³/mol. The first-order valence-corrected chi connectivity index (χ1v) is 11.4. The molecule has 0 saturated carbocycles. The van der Waals surface area contributed by atoms with Crippen molar-refractivity contribution in [3.8, 4) is 6.07 Å². The highest BCUT2D eigenvalue weighted by Crippen LogP contribution is 2.22. The molecular weight excluding hydrogens is 403 g/mol.